The highest BCUT2D eigenvalue weighted by Crippen LogP contribution is 2.32. The van der Waals surface area contributed by atoms with Crippen LogP contribution in [0.2, 0.25) is 0 Å². The molecule has 1 atom stereocenters. The molecule has 33 heavy (non-hydrogen) atoms. The number of ether oxygens (including phenoxy) is 2. The third kappa shape index (κ3) is 5.14. The fraction of sp³-hybridized carbons (Fsp3) is 0.227. The minimum absolute atomic E-state index is 0.199. The molecular formula is C22H21N5O5S. The fourth-order valence-corrected chi connectivity index (χ4v) is 3.97. The average Bonchev–Trinajstić information content (AvgIpc) is 3.32. The van der Waals surface area contributed by atoms with E-state index in [0.29, 0.717) is 33.7 Å². The van der Waals surface area contributed by atoms with Crippen molar-refractivity contribution in [2.75, 3.05) is 19.5 Å². The number of methoxy groups -OCH3 is 1. The number of amides is 2. The topological polar surface area (TPSA) is 128 Å². The van der Waals surface area contributed by atoms with E-state index in [4.69, 9.17) is 13.9 Å². The van der Waals surface area contributed by atoms with Gasteiger partial charge in [-0.15, -0.1) is 10.2 Å². The third-order valence-electron chi connectivity index (χ3n) is 4.77. The minimum Gasteiger partial charge on any atom is -0.497 e. The Morgan fingerprint density at radius 3 is 2.61 bits per heavy atom. The molecule has 0 saturated carbocycles. The van der Waals surface area contributed by atoms with E-state index in [0.717, 1.165) is 5.56 Å². The molecule has 0 bridgehead atoms. The summed E-state index contributed by atoms with van der Waals surface area (Å²) in [5.74, 6) is 0.707. The maximum absolute atomic E-state index is 12.9. The Morgan fingerprint density at radius 1 is 1.15 bits per heavy atom. The maximum Gasteiger partial charge on any atom is 0.338 e. The van der Waals surface area contributed by atoms with Crippen LogP contribution < -0.4 is 15.4 Å². The van der Waals surface area contributed by atoms with Crippen molar-refractivity contribution >= 4 is 23.8 Å². The first-order chi connectivity index (χ1) is 16.1. The molecule has 0 spiro atoms. The van der Waals surface area contributed by atoms with Crippen LogP contribution in [0.15, 0.2) is 69.7 Å². The highest BCUT2D eigenvalue weighted by molar-refractivity contribution is 7.99. The fourth-order valence-electron chi connectivity index (χ4n) is 3.24. The Morgan fingerprint density at radius 2 is 1.91 bits per heavy atom. The Labute approximate surface area is 193 Å². The van der Waals surface area contributed by atoms with Gasteiger partial charge in [-0.3, -0.25) is 4.98 Å². The molecule has 1 aromatic carbocycles. The number of hydrogen-bond donors (Lipinski definition) is 2. The summed E-state index contributed by atoms with van der Waals surface area (Å²) in [4.78, 5) is 29.2. The van der Waals surface area contributed by atoms with Gasteiger partial charge in [-0.1, -0.05) is 23.9 Å². The van der Waals surface area contributed by atoms with Crippen LogP contribution in [0.5, 0.6) is 5.75 Å². The van der Waals surface area contributed by atoms with Crippen molar-refractivity contribution in [3.63, 3.8) is 0 Å². The number of aromatic nitrogens is 3. The van der Waals surface area contributed by atoms with Gasteiger partial charge in [-0.05, 0) is 36.8 Å². The average molecular weight is 468 g/mol. The summed E-state index contributed by atoms with van der Waals surface area (Å²) >= 11 is 1.20. The van der Waals surface area contributed by atoms with Crippen LogP contribution in [0.25, 0.3) is 11.5 Å². The number of thioether (sulfide) groups is 1. The van der Waals surface area contributed by atoms with E-state index in [1.807, 2.05) is 0 Å². The molecule has 10 nitrogen and oxygen atoms in total. The predicted octanol–water partition coefficient (Wildman–Crippen LogP) is 3.10. The maximum atomic E-state index is 12.9. The number of rotatable bonds is 8. The second-order valence-corrected chi connectivity index (χ2v) is 7.74. The standard InChI is InChI=1S/C22H21N5O5S/c1-3-31-20(28)17-16(12-33-22-27-26-19(32-22)14-8-10-23-11-9-14)24-21(29)25-18(17)13-4-6-15(30-2)7-5-13/h4-11,18H,3,12H2,1-2H3,(H2,24,25,29). The van der Waals surface area contributed by atoms with Crippen molar-refractivity contribution < 1.29 is 23.5 Å². The molecule has 2 amide bonds. The summed E-state index contributed by atoms with van der Waals surface area (Å²) in [7, 11) is 1.57. The predicted molar refractivity (Wildman–Crippen MR) is 119 cm³/mol. The second kappa shape index (κ2) is 10.2. The lowest BCUT2D eigenvalue weighted by Crippen LogP contribution is -2.46. The molecule has 11 heteroatoms. The molecule has 170 valence electrons. The van der Waals surface area contributed by atoms with Gasteiger partial charge in [0.1, 0.15) is 5.75 Å². The first-order valence-electron chi connectivity index (χ1n) is 10.1. The van der Waals surface area contributed by atoms with Gasteiger partial charge in [0.05, 0.1) is 25.3 Å². The summed E-state index contributed by atoms with van der Waals surface area (Å²) < 4.78 is 16.2. The van der Waals surface area contributed by atoms with E-state index < -0.39 is 18.0 Å². The van der Waals surface area contributed by atoms with E-state index in [2.05, 4.69) is 25.8 Å². The van der Waals surface area contributed by atoms with Gasteiger partial charge in [-0.25, -0.2) is 9.59 Å². The number of esters is 1. The normalized spacial score (nSPS) is 15.6. The van der Waals surface area contributed by atoms with Crippen LogP contribution in [-0.4, -0.2) is 46.7 Å². The summed E-state index contributed by atoms with van der Waals surface area (Å²) in [6.07, 6.45) is 3.26. The van der Waals surface area contributed by atoms with Crippen LogP contribution in [0.3, 0.4) is 0 Å². The van der Waals surface area contributed by atoms with Crippen molar-refractivity contribution in [3.8, 4) is 17.2 Å². The van der Waals surface area contributed by atoms with E-state index in [1.54, 1.807) is 62.8 Å². The summed E-state index contributed by atoms with van der Waals surface area (Å²) in [5.41, 5.74) is 2.18. The second-order valence-electron chi connectivity index (χ2n) is 6.82. The number of urea groups is 1. The van der Waals surface area contributed by atoms with Gasteiger partial charge in [-0.2, -0.15) is 0 Å². The molecule has 0 aliphatic carbocycles. The third-order valence-corrected chi connectivity index (χ3v) is 5.62. The van der Waals surface area contributed by atoms with Gasteiger partial charge >= 0.3 is 12.0 Å². The lowest BCUT2D eigenvalue weighted by atomic mass is 9.95. The lowest BCUT2D eigenvalue weighted by Gasteiger charge is -2.29. The first-order valence-corrected chi connectivity index (χ1v) is 11.1. The Balaban J connectivity index is 1.61. The number of carbonyl (C=O) groups is 2. The van der Waals surface area contributed by atoms with E-state index in [-0.39, 0.29) is 12.4 Å². The molecule has 0 fully saturated rings. The van der Waals surface area contributed by atoms with Crippen LogP contribution in [-0.2, 0) is 9.53 Å². The van der Waals surface area contributed by atoms with Crippen LogP contribution >= 0.6 is 11.8 Å². The Kier molecular flexibility index (Phi) is 6.89. The number of pyridine rings is 1. The molecule has 3 heterocycles. The SMILES string of the molecule is CCOC(=O)C1=C(CSc2nnc(-c3ccncc3)o2)NC(=O)NC1c1ccc(OC)cc1. The highest BCUT2D eigenvalue weighted by Gasteiger charge is 2.34. The highest BCUT2D eigenvalue weighted by atomic mass is 32.2. The summed E-state index contributed by atoms with van der Waals surface area (Å²) in [6.45, 7) is 1.92. The molecule has 3 aromatic rings. The van der Waals surface area contributed by atoms with Crippen molar-refractivity contribution in [2.24, 2.45) is 0 Å². The lowest BCUT2D eigenvalue weighted by molar-refractivity contribution is -0.139. The van der Waals surface area contributed by atoms with E-state index in [1.165, 1.54) is 11.8 Å². The first kappa shape index (κ1) is 22.3. The van der Waals surface area contributed by atoms with Crippen LogP contribution in [0.4, 0.5) is 4.79 Å². The quantitative estimate of drug-likeness (QED) is 0.379. The number of carbonyl (C=O) groups excluding carboxylic acids is 2. The van der Waals surface area contributed by atoms with E-state index in [9.17, 15) is 9.59 Å². The molecule has 0 saturated heterocycles. The van der Waals surface area contributed by atoms with Gasteiger partial charge in [0.25, 0.3) is 5.22 Å². The molecule has 2 N–H and O–H groups in total. The zero-order chi connectivity index (χ0) is 23.2. The molecule has 1 unspecified atom stereocenters. The van der Waals surface area contributed by atoms with E-state index >= 15 is 0 Å². The van der Waals surface area contributed by atoms with Crippen molar-refractivity contribution in [2.45, 2.75) is 18.2 Å². The molecule has 1 aliphatic rings. The van der Waals surface area contributed by atoms with Crippen molar-refractivity contribution in [1.82, 2.24) is 25.8 Å². The number of hydrogen-bond acceptors (Lipinski definition) is 9. The zero-order valence-electron chi connectivity index (χ0n) is 17.9. The van der Waals surface area contributed by atoms with Crippen LogP contribution in [0, 0.1) is 0 Å². The van der Waals surface area contributed by atoms with Crippen molar-refractivity contribution in [3.05, 3.63) is 65.6 Å². The number of benzene rings is 1. The molecule has 0 radical (unpaired) electrons. The zero-order valence-corrected chi connectivity index (χ0v) is 18.7. The van der Waals surface area contributed by atoms with Crippen LogP contribution in [0.1, 0.15) is 18.5 Å². The Bertz CT molecular complexity index is 1160. The minimum atomic E-state index is -0.686. The smallest absolute Gasteiger partial charge is 0.338 e. The van der Waals surface area contributed by atoms with Gasteiger partial charge in [0.15, 0.2) is 0 Å². The molecule has 2 aromatic heterocycles. The van der Waals surface area contributed by atoms with Gasteiger partial charge in [0, 0.05) is 29.4 Å². The van der Waals surface area contributed by atoms with Crippen molar-refractivity contribution in [1.29, 1.82) is 0 Å². The molecule has 1 aliphatic heterocycles. The summed E-state index contributed by atoms with van der Waals surface area (Å²) in [6, 6.07) is 9.51. The Hall–Kier alpha value is -3.86. The molecule has 4 rings (SSSR count). The summed E-state index contributed by atoms with van der Waals surface area (Å²) in [5, 5.41) is 13.9. The van der Waals surface area contributed by atoms with Gasteiger partial charge < -0.3 is 24.5 Å². The molecular weight excluding hydrogens is 446 g/mol. The monoisotopic (exact) mass is 467 g/mol. The van der Waals surface area contributed by atoms with Gasteiger partial charge in [0.2, 0.25) is 5.89 Å². The number of nitrogens with one attached hydrogen (secondary N) is 2. The largest absolute Gasteiger partial charge is 0.497 e. The number of nitrogens with zero attached hydrogens (tertiary/aromatic N) is 3.